The summed E-state index contributed by atoms with van der Waals surface area (Å²) in [4.78, 5) is 2.58. The number of rotatable bonds is 5. The van der Waals surface area contributed by atoms with Gasteiger partial charge < -0.3 is 5.73 Å². The lowest BCUT2D eigenvalue weighted by molar-refractivity contribution is 0.123. The molecule has 0 bridgehead atoms. The normalized spacial score (nSPS) is 24.9. The van der Waals surface area contributed by atoms with E-state index in [1.807, 2.05) is 12.1 Å². The second-order valence-electron chi connectivity index (χ2n) is 5.52. The highest BCUT2D eigenvalue weighted by atomic mass is 35.5. The average molecular weight is 281 g/mol. The molecular weight excluding hydrogens is 256 g/mol. The van der Waals surface area contributed by atoms with Gasteiger partial charge in [0.15, 0.2) is 0 Å². The summed E-state index contributed by atoms with van der Waals surface area (Å²) in [6.07, 6.45) is 3.84. The van der Waals surface area contributed by atoms with Gasteiger partial charge in [0.2, 0.25) is 0 Å². The zero-order chi connectivity index (χ0) is 13.8. The largest absolute Gasteiger partial charge is 0.330 e. The summed E-state index contributed by atoms with van der Waals surface area (Å²) in [5.74, 6) is 0.643. The minimum atomic E-state index is 0.357. The van der Waals surface area contributed by atoms with Gasteiger partial charge in [-0.1, -0.05) is 43.1 Å². The van der Waals surface area contributed by atoms with Gasteiger partial charge in [-0.15, -0.1) is 0 Å². The quantitative estimate of drug-likeness (QED) is 0.888. The van der Waals surface area contributed by atoms with Crippen molar-refractivity contribution >= 4 is 11.6 Å². The third kappa shape index (κ3) is 3.13. The highest BCUT2D eigenvalue weighted by Gasteiger charge is 2.33. The van der Waals surface area contributed by atoms with Gasteiger partial charge in [0.1, 0.15) is 0 Å². The Bertz CT molecular complexity index is 407. The first-order valence-corrected chi connectivity index (χ1v) is 7.77. The molecule has 3 unspecified atom stereocenters. The molecule has 2 nitrogen and oxygen atoms in total. The van der Waals surface area contributed by atoms with E-state index in [2.05, 4.69) is 30.9 Å². The minimum Gasteiger partial charge on any atom is -0.330 e. The van der Waals surface area contributed by atoms with Crippen molar-refractivity contribution in [2.45, 2.75) is 45.2 Å². The molecule has 0 radical (unpaired) electrons. The Labute approximate surface area is 121 Å². The maximum atomic E-state index is 6.35. The van der Waals surface area contributed by atoms with Crippen molar-refractivity contribution in [2.75, 3.05) is 13.1 Å². The summed E-state index contributed by atoms with van der Waals surface area (Å²) in [6, 6.07) is 9.16. The van der Waals surface area contributed by atoms with Crippen LogP contribution < -0.4 is 5.73 Å². The van der Waals surface area contributed by atoms with Crippen LogP contribution in [0.1, 0.15) is 44.7 Å². The molecule has 0 spiro atoms. The number of nitrogens with zero attached hydrogens (tertiary/aromatic N) is 1. The molecule has 1 fully saturated rings. The lowest BCUT2D eigenvalue weighted by atomic mass is 9.98. The van der Waals surface area contributed by atoms with Crippen LogP contribution in [0.2, 0.25) is 5.02 Å². The SMILES string of the molecule is CCN(C(C)c1ccccc1Cl)C1CCCC1CN. The summed E-state index contributed by atoms with van der Waals surface area (Å²) < 4.78 is 0. The van der Waals surface area contributed by atoms with Crippen molar-refractivity contribution in [2.24, 2.45) is 11.7 Å². The smallest absolute Gasteiger partial charge is 0.0453 e. The fraction of sp³-hybridized carbons (Fsp3) is 0.625. The highest BCUT2D eigenvalue weighted by Crippen LogP contribution is 2.36. The van der Waals surface area contributed by atoms with Crippen molar-refractivity contribution in [1.82, 2.24) is 4.90 Å². The molecule has 0 aliphatic heterocycles. The number of hydrogen-bond donors (Lipinski definition) is 1. The Morgan fingerprint density at radius 3 is 2.74 bits per heavy atom. The van der Waals surface area contributed by atoms with Gasteiger partial charge in [-0.3, -0.25) is 4.90 Å². The van der Waals surface area contributed by atoms with Gasteiger partial charge in [0, 0.05) is 17.1 Å². The molecule has 3 atom stereocenters. The summed E-state index contributed by atoms with van der Waals surface area (Å²) in [6.45, 7) is 6.35. The standard InChI is InChI=1S/C16H25ClN2/c1-3-19(16-10-6-7-13(16)11-18)12(2)14-8-4-5-9-15(14)17/h4-5,8-9,12-13,16H,3,6-7,10-11,18H2,1-2H3. The maximum Gasteiger partial charge on any atom is 0.0453 e. The van der Waals surface area contributed by atoms with Crippen LogP contribution in [0, 0.1) is 5.92 Å². The second-order valence-corrected chi connectivity index (χ2v) is 5.93. The molecular formula is C16H25ClN2. The Morgan fingerprint density at radius 2 is 2.11 bits per heavy atom. The van der Waals surface area contributed by atoms with Gasteiger partial charge >= 0.3 is 0 Å². The average Bonchev–Trinajstić information content (AvgIpc) is 2.88. The van der Waals surface area contributed by atoms with Crippen molar-refractivity contribution in [1.29, 1.82) is 0 Å². The monoisotopic (exact) mass is 280 g/mol. The van der Waals surface area contributed by atoms with Crippen LogP contribution in [0.25, 0.3) is 0 Å². The first kappa shape index (κ1) is 14.8. The van der Waals surface area contributed by atoms with Crippen LogP contribution in [0.15, 0.2) is 24.3 Å². The molecule has 1 aliphatic rings. The van der Waals surface area contributed by atoms with Crippen LogP contribution in [-0.4, -0.2) is 24.0 Å². The topological polar surface area (TPSA) is 29.3 Å². The molecule has 106 valence electrons. The van der Waals surface area contributed by atoms with E-state index in [0.717, 1.165) is 18.1 Å². The number of hydrogen-bond acceptors (Lipinski definition) is 2. The summed E-state index contributed by atoms with van der Waals surface area (Å²) in [5.41, 5.74) is 7.16. The van der Waals surface area contributed by atoms with E-state index in [-0.39, 0.29) is 0 Å². The van der Waals surface area contributed by atoms with E-state index >= 15 is 0 Å². The van der Waals surface area contributed by atoms with Crippen molar-refractivity contribution in [3.05, 3.63) is 34.9 Å². The van der Waals surface area contributed by atoms with Crippen LogP contribution in [0.4, 0.5) is 0 Å². The molecule has 1 saturated carbocycles. The van der Waals surface area contributed by atoms with E-state index in [0.29, 0.717) is 18.0 Å². The summed E-state index contributed by atoms with van der Waals surface area (Å²) >= 11 is 6.35. The van der Waals surface area contributed by atoms with Gasteiger partial charge in [-0.2, -0.15) is 0 Å². The Hall–Kier alpha value is -0.570. The van der Waals surface area contributed by atoms with Gasteiger partial charge in [-0.05, 0) is 50.4 Å². The minimum absolute atomic E-state index is 0.357. The molecule has 1 aliphatic carbocycles. The Balaban J connectivity index is 2.19. The molecule has 3 heteroatoms. The zero-order valence-corrected chi connectivity index (χ0v) is 12.7. The van der Waals surface area contributed by atoms with Crippen LogP contribution >= 0.6 is 11.6 Å². The van der Waals surface area contributed by atoms with Crippen LogP contribution in [0.3, 0.4) is 0 Å². The zero-order valence-electron chi connectivity index (χ0n) is 12.0. The highest BCUT2D eigenvalue weighted by molar-refractivity contribution is 6.31. The second kappa shape index (κ2) is 6.74. The fourth-order valence-electron chi connectivity index (χ4n) is 3.52. The van der Waals surface area contributed by atoms with E-state index in [4.69, 9.17) is 17.3 Å². The molecule has 0 heterocycles. The molecule has 1 aromatic rings. The number of benzene rings is 1. The Kier molecular flexibility index (Phi) is 5.26. The predicted molar refractivity (Wildman–Crippen MR) is 82.4 cm³/mol. The molecule has 1 aromatic carbocycles. The number of halogens is 1. The predicted octanol–water partition coefficient (Wildman–Crippen LogP) is 3.85. The Morgan fingerprint density at radius 1 is 1.37 bits per heavy atom. The third-order valence-electron chi connectivity index (χ3n) is 4.57. The van der Waals surface area contributed by atoms with Crippen molar-refractivity contribution in [3.63, 3.8) is 0 Å². The van der Waals surface area contributed by atoms with Gasteiger partial charge in [0.25, 0.3) is 0 Å². The molecule has 2 N–H and O–H groups in total. The van der Waals surface area contributed by atoms with Crippen molar-refractivity contribution in [3.8, 4) is 0 Å². The summed E-state index contributed by atoms with van der Waals surface area (Å²) in [5, 5.41) is 0.871. The molecule has 19 heavy (non-hydrogen) atoms. The first-order chi connectivity index (χ1) is 9.19. The van der Waals surface area contributed by atoms with E-state index in [1.54, 1.807) is 0 Å². The van der Waals surface area contributed by atoms with Crippen molar-refractivity contribution < 1.29 is 0 Å². The summed E-state index contributed by atoms with van der Waals surface area (Å²) in [7, 11) is 0. The fourth-order valence-corrected chi connectivity index (χ4v) is 3.81. The van der Waals surface area contributed by atoms with E-state index < -0.39 is 0 Å². The van der Waals surface area contributed by atoms with Gasteiger partial charge in [0.05, 0.1) is 0 Å². The van der Waals surface area contributed by atoms with E-state index in [1.165, 1.54) is 24.8 Å². The number of nitrogens with two attached hydrogens (primary N) is 1. The van der Waals surface area contributed by atoms with E-state index in [9.17, 15) is 0 Å². The molecule has 2 rings (SSSR count). The lowest BCUT2D eigenvalue weighted by Crippen LogP contribution is -2.41. The molecule has 0 aromatic heterocycles. The first-order valence-electron chi connectivity index (χ1n) is 7.39. The van der Waals surface area contributed by atoms with Crippen LogP contribution in [0.5, 0.6) is 0 Å². The lowest BCUT2D eigenvalue weighted by Gasteiger charge is -2.37. The van der Waals surface area contributed by atoms with Gasteiger partial charge in [-0.25, -0.2) is 0 Å². The maximum absolute atomic E-state index is 6.35. The molecule has 0 amide bonds. The molecule has 0 saturated heterocycles. The third-order valence-corrected chi connectivity index (χ3v) is 4.91. The van der Waals surface area contributed by atoms with Crippen LogP contribution in [-0.2, 0) is 0 Å².